The van der Waals surface area contributed by atoms with Gasteiger partial charge in [0.05, 0.1) is 12.7 Å². The summed E-state index contributed by atoms with van der Waals surface area (Å²) in [4.78, 5) is 12.8. The van der Waals surface area contributed by atoms with Gasteiger partial charge in [0.2, 0.25) is 0 Å². The van der Waals surface area contributed by atoms with Gasteiger partial charge in [-0.25, -0.2) is 0 Å². The Bertz CT molecular complexity index is 649. The highest BCUT2D eigenvalue weighted by molar-refractivity contribution is 6.11. The summed E-state index contributed by atoms with van der Waals surface area (Å²) in [6.45, 7) is 7.96. The largest absolute Gasteiger partial charge is 0.496 e. The molecule has 0 aliphatic rings. The summed E-state index contributed by atoms with van der Waals surface area (Å²) in [7, 11) is 1.60. The SMILES string of the molecule is COc1cc(C)cc(C)c1C(=O)c1cc(C)cc(C)c1. The number of hydrogen-bond acceptors (Lipinski definition) is 2. The highest BCUT2D eigenvalue weighted by Crippen LogP contribution is 2.27. The highest BCUT2D eigenvalue weighted by atomic mass is 16.5. The molecule has 2 rings (SSSR count). The molecule has 104 valence electrons. The summed E-state index contributed by atoms with van der Waals surface area (Å²) in [5, 5.41) is 0. The molecule has 0 fully saturated rings. The van der Waals surface area contributed by atoms with Crippen LogP contribution in [0.25, 0.3) is 0 Å². The molecule has 2 heteroatoms. The summed E-state index contributed by atoms with van der Waals surface area (Å²) < 4.78 is 5.39. The molecule has 20 heavy (non-hydrogen) atoms. The van der Waals surface area contributed by atoms with Crippen LogP contribution in [0.2, 0.25) is 0 Å². The smallest absolute Gasteiger partial charge is 0.197 e. The second kappa shape index (κ2) is 5.49. The minimum Gasteiger partial charge on any atom is -0.496 e. The number of carbonyl (C=O) groups excluding carboxylic acids is 1. The maximum absolute atomic E-state index is 12.8. The third-order valence-electron chi connectivity index (χ3n) is 3.37. The zero-order valence-electron chi connectivity index (χ0n) is 12.7. The van der Waals surface area contributed by atoms with Crippen LogP contribution in [-0.2, 0) is 0 Å². The molecule has 0 heterocycles. The Balaban J connectivity index is 2.58. The van der Waals surface area contributed by atoms with Crippen molar-refractivity contribution < 1.29 is 9.53 Å². The average Bonchev–Trinajstić information content (AvgIpc) is 2.35. The average molecular weight is 268 g/mol. The fourth-order valence-electron chi connectivity index (χ4n) is 2.63. The number of methoxy groups -OCH3 is 1. The van der Waals surface area contributed by atoms with Gasteiger partial charge in [-0.1, -0.05) is 23.3 Å². The lowest BCUT2D eigenvalue weighted by Crippen LogP contribution is -2.07. The molecular weight excluding hydrogens is 248 g/mol. The second-order valence-electron chi connectivity index (χ2n) is 5.36. The number of hydrogen-bond donors (Lipinski definition) is 0. The van der Waals surface area contributed by atoms with E-state index in [-0.39, 0.29) is 5.78 Å². The van der Waals surface area contributed by atoms with E-state index in [0.29, 0.717) is 16.9 Å². The van der Waals surface area contributed by atoms with Crippen LogP contribution in [0.3, 0.4) is 0 Å². The third kappa shape index (κ3) is 2.74. The van der Waals surface area contributed by atoms with Crippen molar-refractivity contribution in [1.82, 2.24) is 0 Å². The number of carbonyl (C=O) groups is 1. The topological polar surface area (TPSA) is 26.3 Å². The molecule has 0 aromatic heterocycles. The molecule has 0 saturated heterocycles. The first-order chi connectivity index (χ1) is 9.42. The van der Waals surface area contributed by atoms with Crippen molar-refractivity contribution in [2.24, 2.45) is 0 Å². The molecule has 2 nitrogen and oxygen atoms in total. The van der Waals surface area contributed by atoms with E-state index in [0.717, 1.165) is 22.3 Å². The first kappa shape index (κ1) is 14.3. The van der Waals surface area contributed by atoms with E-state index in [2.05, 4.69) is 6.07 Å². The summed E-state index contributed by atoms with van der Waals surface area (Å²) in [6, 6.07) is 9.83. The molecule has 0 atom stereocenters. The van der Waals surface area contributed by atoms with Gasteiger partial charge >= 0.3 is 0 Å². The number of ether oxygens (including phenoxy) is 1. The molecule has 0 amide bonds. The van der Waals surface area contributed by atoms with Crippen molar-refractivity contribution in [2.75, 3.05) is 7.11 Å². The van der Waals surface area contributed by atoms with Gasteiger partial charge in [-0.3, -0.25) is 4.79 Å². The summed E-state index contributed by atoms with van der Waals surface area (Å²) >= 11 is 0. The molecular formula is C18H20O2. The zero-order chi connectivity index (χ0) is 14.9. The quantitative estimate of drug-likeness (QED) is 0.781. The van der Waals surface area contributed by atoms with Crippen LogP contribution in [-0.4, -0.2) is 12.9 Å². The minimum atomic E-state index is 0.0196. The van der Waals surface area contributed by atoms with Crippen molar-refractivity contribution in [3.05, 3.63) is 63.7 Å². The number of rotatable bonds is 3. The van der Waals surface area contributed by atoms with Gasteiger partial charge in [0.25, 0.3) is 0 Å². The standard InChI is InChI=1S/C18H20O2/c1-11-6-12(2)9-15(8-11)18(19)17-14(4)7-13(3)10-16(17)20-5/h6-10H,1-5H3. The van der Waals surface area contributed by atoms with Crippen LogP contribution >= 0.6 is 0 Å². The molecule has 0 unspecified atom stereocenters. The Morgan fingerprint density at radius 3 is 1.95 bits per heavy atom. The van der Waals surface area contributed by atoms with E-state index in [1.54, 1.807) is 7.11 Å². The van der Waals surface area contributed by atoms with Gasteiger partial charge in [-0.15, -0.1) is 0 Å². The van der Waals surface area contributed by atoms with E-state index in [1.165, 1.54) is 0 Å². The van der Waals surface area contributed by atoms with Gasteiger partial charge in [0.1, 0.15) is 5.75 Å². The van der Waals surface area contributed by atoms with Crippen LogP contribution in [0.5, 0.6) is 5.75 Å². The molecule has 0 radical (unpaired) electrons. The van der Waals surface area contributed by atoms with Crippen molar-refractivity contribution in [1.29, 1.82) is 0 Å². The Morgan fingerprint density at radius 2 is 1.40 bits per heavy atom. The lowest BCUT2D eigenvalue weighted by atomic mass is 9.94. The molecule has 0 aliphatic heterocycles. The predicted octanol–water partition coefficient (Wildman–Crippen LogP) is 4.16. The van der Waals surface area contributed by atoms with E-state index < -0.39 is 0 Å². The van der Waals surface area contributed by atoms with Crippen molar-refractivity contribution in [3.8, 4) is 5.75 Å². The summed E-state index contributed by atoms with van der Waals surface area (Å²) in [6.07, 6.45) is 0. The van der Waals surface area contributed by atoms with Crippen molar-refractivity contribution in [2.45, 2.75) is 27.7 Å². The Hall–Kier alpha value is -2.09. The van der Waals surface area contributed by atoms with Gasteiger partial charge in [0, 0.05) is 5.56 Å². The fraction of sp³-hybridized carbons (Fsp3) is 0.278. The normalized spacial score (nSPS) is 10.4. The minimum absolute atomic E-state index is 0.0196. The summed E-state index contributed by atoms with van der Waals surface area (Å²) in [5.74, 6) is 0.665. The zero-order valence-corrected chi connectivity index (χ0v) is 12.7. The molecule has 0 N–H and O–H groups in total. The molecule has 0 bridgehead atoms. The number of aryl methyl sites for hydroxylation is 4. The lowest BCUT2D eigenvalue weighted by Gasteiger charge is -2.13. The maximum atomic E-state index is 12.8. The lowest BCUT2D eigenvalue weighted by molar-refractivity contribution is 0.103. The van der Waals surface area contributed by atoms with Crippen LogP contribution in [0.1, 0.15) is 38.2 Å². The van der Waals surface area contributed by atoms with E-state index in [1.807, 2.05) is 52.0 Å². The highest BCUT2D eigenvalue weighted by Gasteiger charge is 2.18. The predicted molar refractivity (Wildman–Crippen MR) is 81.8 cm³/mol. The van der Waals surface area contributed by atoms with E-state index >= 15 is 0 Å². The Morgan fingerprint density at radius 1 is 0.850 bits per heavy atom. The summed E-state index contributed by atoms with van der Waals surface area (Å²) in [5.41, 5.74) is 5.60. The van der Waals surface area contributed by atoms with Gasteiger partial charge in [-0.05, 0) is 57.0 Å². The van der Waals surface area contributed by atoms with Crippen molar-refractivity contribution >= 4 is 5.78 Å². The Labute approximate surface area is 120 Å². The Kier molecular flexibility index (Phi) is 3.93. The van der Waals surface area contributed by atoms with E-state index in [9.17, 15) is 4.79 Å². The first-order valence-corrected chi connectivity index (χ1v) is 6.70. The fourth-order valence-corrected chi connectivity index (χ4v) is 2.63. The van der Waals surface area contributed by atoms with Crippen LogP contribution in [0.15, 0.2) is 30.3 Å². The van der Waals surface area contributed by atoms with Crippen LogP contribution < -0.4 is 4.74 Å². The monoisotopic (exact) mass is 268 g/mol. The second-order valence-corrected chi connectivity index (χ2v) is 5.36. The van der Waals surface area contributed by atoms with Gasteiger partial charge in [0.15, 0.2) is 5.78 Å². The molecule has 0 spiro atoms. The van der Waals surface area contributed by atoms with Crippen LogP contribution in [0, 0.1) is 27.7 Å². The number of benzene rings is 2. The molecule has 0 saturated carbocycles. The third-order valence-corrected chi connectivity index (χ3v) is 3.37. The first-order valence-electron chi connectivity index (χ1n) is 6.70. The maximum Gasteiger partial charge on any atom is 0.197 e. The molecule has 2 aromatic carbocycles. The molecule has 2 aromatic rings. The van der Waals surface area contributed by atoms with Crippen LogP contribution in [0.4, 0.5) is 0 Å². The van der Waals surface area contributed by atoms with E-state index in [4.69, 9.17) is 4.74 Å². The van der Waals surface area contributed by atoms with Gasteiger partial charge in [-0.2, -0.15) is 0 Å². The van der Waals surface area contributed by atoms with Gasteiger partial charge < -0.3 is 4.74 Å². The molecule has 0 aliphatic carbocycles. The number of ketones is 1. The van der Waals surface area contributed by atoms with Crippen molar-refractivity contribution in [3.63, 3.8) is 0 Å².